The number of carbonyl (C=O) groups is 1. The van der Waals surface area contributed by atoms with Crippen LogP contribution in [-0.2, 0) is 14.8 Å². The summed E-state index contributed by atoms with van der Waals surface area (Å²) in [4.78, 5) is 20.5. The molecule has 0 saturated carbocycles. The number of nitrogens with two attached hydrogens (primary N) is 1. The molecule has 1 aromatic heterocycles. The Kier molecular flexibility index (Phi) is 7.37. The minimum Gasteiger partial charge on any atom is -0.497 e. The molecule has 4 aromatic rings. The summed E-state index contributed by atoms with van der Waals surface area (Å²) < 4.78 is 34.9. The number of benzene rings is 3. The Bertz CT molecular complexity index is 1600. The summed E-state index contributed by atoms with van der Waals surface area (Å²) in [6.45, 7) is 3.25. The zero-order valence-electron chi connectivity index (χ0n) is 20.2. The van der Waals surface area contributed by atoms with Crippen LogP contribution in [0.3, 0.4) is 0 Å². The summed E-state index contributed by atoms with van der Waals surface area (Å²) >= 11 is 6.36. The molecule has 0 spiro atoms. The number of hydrogen-bond donors (Lipinski definition) is 4. The smallest absolute Gasteiger partial charge is 0.263 e. The first kappa shape index (κ1) is 26.0. The van der Waals surface area contributed by atoms with Gasteiger partial charge in [0, 0.05) is 11.8 Å². The SMILES string of the molecule is COc1ccc(Cl)c(Nc2nc3ccccc3nc2NS(=O)(=O)c2cc(N[C@@H](C)C(N)=O)ccc2C)c1. The molecular weight excluding hydrogens is 516 g/mol. The van der Waals surface area contributed by atoms with Gasteiger partial charge in [0.2, 0.25) is 5.91 Å². The van der Waals surface area contributed by atoms with Gasteiger partial charge in [-0.05, 0) is 55.8 Å². The highest BCUT2D eigenvalue weighted by atomic mass is 35.5. The number of fused-ring (bicyclic) bond motifs is 1. The van der Waals surface area contributed by atoms with Crippen molar-refractivity contribution in [3.05, 3.63) is 71.2 Å². The number of aryl methyl sites for hydroxylation is 1. The molecule has 0 unspecified atom stereocenters. The zero-order valence-corrected chi connectivity index (χ0v) is 21.8. The molecular formula is C25H25ClN6O4S. The van der Waals surface area contributed by atoms with Gasteiger partial charge in [-0.15, -0.1) is 0 Å². The predicted molar refractivity (Wildman–Crippen MR) is 145 cm³/mol. The summed E-state index contributed by atoms with van der Waals surface area (Å²) in [5.41, 5.74) is 7.73. The maximum absolute atomic E-state index is 13.5. The van der Waals surface area contributed by atoms with Crippen molar-refractivity contribution in [1.82, 2.24) is 9.97 Å². The highest BCUT2D eigenvalue weighted by Crippen LogP contribution is 2.33. The van der Waals surface area contributed by atoms with Crippen molar-refractivity contribution in [2.24, 2.45) is 5.73 Å². The third-order valence-electron chi connectivity index (χ3n) is 5.52. The van der Waals surface area contributed by atoms with E-state index in [1.165, 1.54) is 13.2 Å². The van der Waals surface area contributed by atoms with Crippen LogP contribution >= 0.6 is 11.6 Å². The Labute approximate surface area is 219 Å². The number of para-hydroxylation sites is 2. The molecule has 0 saturated heterocycles. The van der Waals surface area contributed by atoms with Crippen LogP contribution in [0.1, 0.15) is 12.5 Å². The average molecular weight is 541 g/mol. The van der Waals surface area contributed by atoms with Crippen LogP contribution in [0.15, 0.2) is 65.6 Å². The molecule has 3 aromatic carbocycles. The number of nitrogens with zero attached hydrogens (tertiary/aromatic N) is 2. The molecule has 0 aliphatic carbocycles. The summed E-state index contributed by atoms with van der Waals surface area (Å²) in [7, 11) is -2.61. The number of nitrogens with one attached hydrogen (secondary N) is 3. The van der Waals surface area contributed by atoms with Crippen molar-refractivity contribution in [1.29, 1.82) is 0 Å². The fourth-order valence-corrected chi connectivity index (χ4v) is 4.94. The number of primary amides is 1. The molecule has 1 amide bonds. The van der Waals surface area contributed by atoms with Gasteiger partial charge in [-0.25, -0.2) is 18.4 Å². The molecule has 192 valence electrons. The fraction of sp³-hybridized carbons (Fsp3) is 0.160. The van der Waals surface area contributed by atoms with Crippen LogP contribution < -0.4 is 25.8 Å². The molecule has 5 N–H and O–H groups in total. The van der Waals surface area contributed by atoms with Crippen LogP contribution in [0, 0.1) is 6.92 Å². The number of ether oxygens (including phenoxy) is 1. The van der Waals surface area contributed by atoms with Crippen molar-refractivity contribution in [2.75, 3.05) is 22.5 Å². The maximum Gasteiger partial charge on any atom is 0.263 e. The van der Waals surface area contributed by atoms with Gasteiger partial charge in [0.15, 0.2) is 11.6 Å². The molecule has 4 rings (SSSR count). The number of aromatic nitrogens is 2. The second-order valence-corrected chi connectivity index (χ2v) is 10.3. The number of hydrogen-bond acceptors (Lipinski definition) is 8. The van der Waals surface area contributed by atoms with E-state index < -0.39 is 22.0 Å². The summed E-state index contributed by atoms with van der Waals surface area (Å²) in [6, 6.07) is 16.1. The van der Waals surface area contributed by atoms with Crippen molar-refractivity contribution in [2.45, 2.75) is 24.8 Å². The van der Waals surface area contributed by atoms with Crippen LogP contribution in [0.25, 0.3) is 11.0 Å². The van der Waals surface area contributed by atoms with Crippen LogP contribution in [0.4, 0.5) is 23.0 Å². The number of halogens is 1. The van der Waals surface area contributed by atoms with Crippen molar-refractivity contribution < 1.29 is 17.9 Å². The molecule has 12 heteroatoms. The Hall–Kier alpha value is -4.09. The second-order valence-electron chi connectivity index (χ2n) is 8.23. The summed E-state index contributed by atoms with van der Waals surface area (Å²) in [5, 5.41) is 6.34. The van der Waals surface area contributed by atoms with E-state index in [1.54, 1.807) is 68.4 Å². The number of amides is 1. The van der Waals surface area contributed by atoms with Crippen molar-refractivity contribution in [3.8, 4) is 5.75 Å². The molecule has 37 heavy (non-hydrogen) atoms. The lowest BCUT2D eigenvalue weighted by Gasteiger charge is -2.17. The van der Waals surface area contributed by atoms with E-state index in [-0.39, 0.29) is 16.5 Å². The summed E-state index contributed by atoms with van der Waals surface area (Å²) in [5.74, 6) is 0.0990. The lowest BCUT2D eigenvalue weighted by molar-refractivity contribution is -0.118. The molecule has 10 nitrogen and oxygen atoms in total. The lowest BCUT2D eigenvalue weighted by Crippen LogP contribution is -2.32. The minimum absolute atomic E-state index is 0.00510. The van der Waals surface area contributed by atoms with Gasteiger partial charge in [0.05, 0.1) is 33.7 Å². The molecule has 0 bridgehead atoms. The van der Waals surface area contributed by atoms with Gasteiger partial charge < -0.3 is 21.1 Å². The van der Waals surface area contributed by atoms with Crippen LogP contribution in [0.5, 0.6) is 5.75 Å². The topological polar surface area (TPSA) is 148 Å². The Morgan fingerprint density at radius 3 is 2.35 bits per heavy atom. The predicted octanol–water partition coefficient (Wildman–Crippen LogP) is 4.43. The van der Waals surface area contributed by atoms with E-state index in [9.17, 15) is 13.2 Å². The third-order valence-corrected chi connectivity index (χ3v) is 7.33. The number of sulfonamides is 1. The molecule has 0 aliphatic rings. The standard InChI is InChI=1S/C25H25ClN6O4S/c1-14-8-9-16(28-15(2)23(27)33)12-22(14)37(34,35)32-25-24(29-19-6-4-5-7-20(19)30-25)31-21-13-17(36-3)10-11-18(21)26/h4-13,15,28H,1-3H3,(H2,27,33)(H,29,31)(H,30,32)/t15-/m0/s1. The highest BCUT2D eigenvalue weighted by Gasteiger charge is 2.22. The van der Waals surface area contributed by atoms with E-state index in [4.69, 9.17) is 22.1 Å². The maximum atomic E-state index is 13.5. The summed E-state index contributed by atoms with van der Waals surface area (Å²) in [6.07, 6.45) is 0. The van der Waals surface area contributed by atoms with E-state index in [2.05, 4.69) is 25.3 Å². The molecule has 1 atom stereocenters. The zero-order chi connectivity index (χ0) is 26.7. The van der Waals surface area contributed by atoms with E-state index in [0.29, 0.717) is 38.7 Å². The number of anilines is 4. The fourth-order valence-electron chi connectivity index (χ4n) is 3.50. The number of methoxy groups -OCH3 is 1. The monoisotopic (exact) mass is 540 g/mol. The third kappa shape index (κ3) is 5.84. The normalized spacial score (nSPS) is 12.1. The van der Waals surface area contributed by atoms with E-state index in [0.717, 1.165) is 0 Å². The van der Waals surface area contributed by atoms with Gasteiger partial charge in [0.1, 0.15) is 11.8 Å². The van der Waals surface area contributed by atoms with Crippen molar-refractivity contribution in [3.63, 3.8) is 0 Å². The molecule has 0 aliphatic heterocycles. The highest BCUT2D eigenvalue weighted by molar-refractivity contribution is 7.92. The van der Waals surface area contributed by atoms with E-state index >= 15 is 0 Å². The van der Waals surface area contributed by atoms with Gasteiger partial charge >= 0.3 is 0 Å². The Morgan fingerprint density at radius 1 is 1.03 bits per heavy atom. The van der Waals surface area contributed by atoms with Crippen LogP contribution in [0.2, 0.25) is 5.02 Å². The van der Waals surface area contributed by atoms with Gasteiger partial charge in [-0.3, -0.25) is 9.52 Å². The first-order valence-electron chi connectivity index (χ1n) is 11.1. The average Bonchev–Trinajstić information content (AvgIpc) is 2.86. The number of rotatable bonds is 9. The first-order chi connectivity index (χ1) is 17.6. The minimum atomic E-state index is -4.14. The lowest BCUT2D eigenvalue weighted by atomic mass is 10.2. The molecule has 0 fully saturated rings. The first-order valence-corrected chi connectivity index (χ1v) is 13.0. The van der Waals surface area contributed by atoms with Gasteiger partial charge in [0.25, 0.3) is 10.0 Å². The number of carbonyl (C=O) groups excluding carboxylic acids is 1. The van der Waals surface area contributed by atoms with Gasteiger partial charge in [-0.1, -0.05) is 29.8 Å². The quantitative estimate of drug-likeness (QED) is 0.243. The van der Waals surface area contributed by atoms with Gasteiger partial charge in [-0.2, -0.15) is 0 Å². The second kappa shape index (κ2) is 10.5. The molecule has 1 heterocycles. The van der Waals surface area contributed by atoms with E-state index in [1.807, 2.05) is 0 Å². The Morgan fingerprint density at radius 2 is 1.70 bits per heavy atom. The molecule has 0 radical (unpaired) electrons. The Balaban J connectivity index is 1.76. The largest absolute Gasteiger partial charge is 0.497 e. The van der Waals surface area contributed by atoms with Crippen molar-refractivity contribution >= 4 is 61.6 Å². The van der Waals surface area contributed by atoms with Crippen LogP contribution in [-0.4, -0.2) is 37.4 Å².